The third-order valence-electron chi connectivity index (χ3n) is 6.84. The van der Waals surface area contributed by atoms with Gasteiger partial charge in [0, 0.05) is 37.3 Å². The highest BCUT2D eigenvalue weighted by molar-refractivity contribution is 7.89. The van der Waals surface area contributed by atoms with Gasteiger partial charge in [-0.05, 0) is 75.1 Å². The molecule has 1 saturated carbocycles. The standard InChI is InChI=1S/C24H35N3O4S/c1-16(2)10-11-25-23(28)19-5-4-12-26(15-19)32(30,31)21-8-9-22-20(14-21)13-17(3)27(22)24(29)18-6-7-18/h8-9,14,16-19H,4-7,10-13,15H2,1-3H3,(H,25,28)/t17-,19-/m1/s1. The molecule has 2 amide bonds. The Bertz CT molecular complexity index is 987. The molecule has 0 spiro atoms. The van der Waals surface area contributed by atoms with Gasteiger partial charge in [-0.15, -0.1) is 0 Å². The van der Waals surface area contributed by atoms with E-state index in [0.29, 0.717) is 38.3 Å². The Morgan fingerprint density at radius 2 is 1.91 bits per heavy atom. The van der Waals surface area contributed by atoms with Crippen molar-refractivity contribution in [1.29, 1.82) is 0 Å². The molecule has 2 fully saturated rings. The minimum Gasteiger partial charge on any atom is -0.356 e. The summed E-state index contributed by atoms with van der Waals surface area (Å²) < 4.78 is 28.2. The summed E-state index contributed by atoms with van der Waals surface area (Å²) in [7, 11) is -3.69. The number of hydrogen-bond donors (Lipinski definition) is 1. The summed E-state index contributed by atoms with van der Waals surface area (Å²) >= 11 is 0. The number of benzene rings is 1. The summed E-state index contributed by atoms with van der Waals surface area (Å²) in [5.74, 6) is 0.434. The Hall–Kier alpha value is -1.93. The number of nitrogens with zero attached hydrogens (tertiary/aromatic N) is 2. The number of rotatable bonds is 7. The van der Waals surface area contributed by atoms with Gasteiger partial charge in [0.1, 0.15) is 0 Å². The van der Waals surface area contributed by atoms with E-state index in [2.05, 4.69) is 19.2 Å². The average Bonchev–Trinajstić information content (AvgIpc) is 3.55. The van der Waals surface area contributed by atoms with E-state index in [-0.39, 0.29) is 41.1 Å². The minimum atomic E-state index is -3.69. The van der Waals surface area contributed by atoms with Crippen molar-refractivity contribution in [2.45, 2.75) is 70.2 Å². The van der Waals surface area contributed by atoms with Crippen molar-refractivity contribution >= 4 is 27.5 Å². The number of anilines is 1. The van der Waals surface area contributed by atoms with E-state index in [9.17, 15) is 18.0 Å². The van der Waals surface area contributed by atoms with Crippen LogP contribution >= 0.6 is 0 Å². The van der Waals surface area contributed by atoms with Crippen LogP contribution in [0.2, 0.25) is 0 Å². The van der Waals surface area contributed by atoms with E-state index < -0.39 is 10.0 Å². The van der Waals surface area contributed by atoms with Crippen molar-refractivity contribution in [3.05, 3.63) is 23.8 Å². The van der Waals surface area contributed by atoms with Crippen molar-refractivity contribution in [3.63, 3.8) is 0 Å². The van der Waals surface area contributed by atoms with Crippen molar-refractivity contribution in [3.8, 4) is 0 Å². The minimum absolute atomic E-state index is 0.0463. The lowest BCUT2D eigenvalue weighted by Crippen LogP contribution is -2.45. The first kappa shape index (κ1) is 23.2. The number of piperidine rings is 1. The second-order valence-corrected chi connectivity index (χ2v) is 11.9. The molecule has 2 aliphatic heterocycles. The van der Waals surface area contributed by atoms with Crippen LogP contribution in [0.4, 0.5) is 5.69 Å². The van der Waals surface area contributed by atoms with Crippen LogP contribution in [0.1, 0.15) is 58.4 Å². The first-order valence-electron chi connectivity index (χ1n) is 11.9. The Labute approximate surface area is 191 Å². The molecule has 2 heterocycles. The van der Waals surface area contributed by atoms with Gasteiger partial charge >= 0.3 is 0 Å². The van der Waals surface area contributed by atoms with Crippen LogP contribution in [0.5, 0.6) is 0 Å². The molecule has 1 saturated heterocycles. The van der Waals surface area contributed by atoms with Crippen LogP contribution in [-0.4, -0.2) is 50.2 Å². The van der Waals surface area contributed by atoms with Gasteiger partial charge in [0.25, 0.3) is 0 Å². The molecule has 8 heteroatoms. The maximum atomic E-state index is 13.4. The molecule has 1 aromatic rings. The third kappa shape index (κ3) is 4.71. The van der Waals surface area contributed by atoms with Crippen LogP contribution in [0.3, 0.4) is 0 Å². The van der Waals surface area contributed by atoms with Crippen molar-refractivity contribution < 1.29 is 18.0 Å². The molecule has 0 bridgehead atoms. The maximum absolute atomic E-state index is 13.4. The number of amides is 2. The predicted molar refractivity (Wildman–Crippen MR) is 124 cm³/mol. The number of hydrogen-bond acceptors (Lipinski definition) is 4. The third-order valence-corrected chi connectivity index (χ3v) is 8.71. The number of carbonyl (C=O) groups excluding carboxylic acids is 2. The van der Waals surface area contributed by atoms with Crippen LogP contribution in [0, 0.1) is 17.8 Å². The lowest BCUT2D eigenvalue weighted by molar-refractivity contribution is -0.126. The van der Waals surface area contributed by atoms with Gasteiger partial charge in [0.2, 0.25) is 21.8 Å². The second kappa shape index (κ2) is 9.14. The largest absolute Gasteiger partial charge is 0.356 e. The van der Waals surface area contributed by atoms with Gasteiger partial charge in [-0.2, -0.15) is 4.31 Å². The van der Waals surface area contributed by atoms with E-state index in [1.807, 2.05) is 11.8 Å². The van der Waals surface area contributed by atoms with Crippen LogP contribution in [0.15, 0.2) is 23.1 Å². The highest BCUT2D eigenvalue weighted by Gasteiger charge is 2.40. The molecular weight excluding hydrogens is 426 g/mol. The van der Waals surface area contributed by atoms with Gasteiger partial charge in [-0.3, -0.25) is 9.59 Å². The molecule has 7 nitrogen and oxygen atoms in total. The van der Waals surface area contributed by atoms with Crippen molar-refractivity contribution in [2.24, 2.45) is 17.8 Å². The fourth-order valence-corrected chi connectivity index (χ4v) is 6.36. The summed E-state index contributed by atoms with van der Waals surface area (Å²) in [6.45, 7) is 7.51. The summed E-state index contributed by atoms with van der Waals surface area (Å²) in [6, 6.07) is 5.18. The molecule has 1 N–H and O–H groups in total. The van der Waals surface area contributed by atoms with Gasteiger partial charge in [0.05, 0.1) is 10.8 Å². The molecule has 176 valence electrons. The monoisotopic (exact) mass is 461 g/mol. The normalized spacial score (nSPS) is 23.9. The quantitative estimate of drug-likeness (QED) is 0.676. The summed E-state index contributed by atoms with van der Waals surface area (Å²) in [4.78, 5) is 27.4. The average molecular weight is 462 g/mol. The van der Waals surface area contributed by atoms with Crippen LogP contribution < -0.4 is 10.2 Å². The molecule has 4 rings (SSSR count). The molecule has 0 radical (unpaired) electrons. The molecule has 0 unspecified atom stereocenters. The van der Waals surface area contributed by atoms with E-state index >= 15 is 0 Å². The zero-order valence-corrected chi connectivity index (χ0v) is 20.2. The zero-order chi connectivity index (χ0) is 23.0. The van der Waals surface area contributed by atoms with Crippen LogP contribution in [0.25, 0.3) is 0 Å². The smallest absolute Gasteiger partial charge is 0.243 e. The second-order valence-electron chi connectivity index (χ2n) is 10.0. The fourth-order valence-electron chi connectivity index (χ4n) is 4.78. The Morgan fingerprint density at radius 1 is 1.16 bits per heavy atom. The maximum Gasteiger partial charge on any atom is 0.243 e. The number of sulfonamides is 1. The van der Waals surface area contributed by atoms with E-state index in [4.69, 9.17) is 0 Å². The lowest BCUT2D eigenvalue weighted by Gasteiger charge is -2.31. The van der Waals surface area contributed by atoms with Gasteiger partial charge in [-0.1, -0.05) is 13.8 Å². The topological polar surface area (TPSA) is 86.8 Å². The number of nitrogens with one attached hydrogen (secondary N) is 1. The predicted octanol–water partition coefficient (Wildman–Crippen LogP) is 2.94. The Morgan fingerprint density at radius 3 is 2.59 bits per heavy atom. The lowest BCUT2D eigenvalue weighted by atomic mass is 9.98. The molecule has 0 aromatic heterocycles. The highest BCUT2D eigenvalue weighted by atomic mass is 32.2. The van der Waals surface area contributed by atoms with Gasteiger partial charge in [-0.25, -0.2) is 8.42 Å². The summed E-state index contributed by atoms with van der Waals surface area (Å²) in [6.07, 6.45) is 4.86. The first-order chi connectivity index (χ1) is 15.2. The van der Waals surface area contributed by atoms with Crippen molar-refractivity contribution in [1.82, 2.24) is 9.62 Å². The summed E-state index contributed by atoms with van der Waals surface area (Å²) in [5.41, 5.74) is 1.75. The van der Waals surface area contributed by atoms with E-state index in [1.54, 1.807) is 18.2 Å². The van der Waals surface area contributed by atoms with E-state index in [0.717, 1.165) is 30.5 Å². The molecule has 1 aliphatic carbocycles. The SMILES string of the molecule is CC(C)CCNC(=O)[C@@H]1CCCN(S(=O)(=O)c2ccc3c(c2)C[C@@H](C)N3C(=O)C2CC2)C1. The van der Waals surface area contributed by atoms with Crippen molar-refractivity contribution in [2.75, 3.05) is 24.5 Å². The zero-order valence-electron chi connectivity index (χ0n) is 19.3. The molecule has 32 heavy (non-hydrogen) atoms. The highest BCUT2D eigenvalue weighted by Crippen LogP contribution is 2.40. The first-order valence-corrected chi connectivity index (χ1v) is 13.4. The fraction of sp³-hybridized carbons (Fsp3) is 0.667. The summed E-state index contributed by atoms with van der Waals surface area (Å²) in [5, 5.41) is 2.97. The molecule has 2 atom stereocenters. The van der Waals surface area contributed by atoms with Crippen LogP contribution in [-0.2, 0) is 26.0 Å². The number of carbonyl (C=O) groups is 2. The molecule has 1 aromatic carbocycles. The Balaban J connectivity index is 1.47. The number of fused-ring (bicyclic) bond motifs is 1. The molecular formula is C24H35N3O4S. The molecule has 3 aliphatic rings. The Kier molecular flexibility index (Phi) is 6.63. The van der Waals surface area contributed by atoms with E-state index in [1.165, 1.54) is 4.31 Å². The van der Waals surface area contributed by atoms with Gasteiger partial charge < -0.3 is 10.2 Å². The van der Waals surface area contributed by atoms with Gasteiger partial charge in [0.15, 0.2) is 0 Å².